The second-order valence-corrected chi connectivity index (χ2v) is 5.20. The van der Waals surface area contributed by atoms with Gasteiger partial charge < -0.3 is 15.8 Å². The van der Waals surface area contributed by atoms with E-state index in [2.05, 4.69) is 5.32 Å². The molecule has 0 aliphatic rings. The van der Waals surface area contributed by atoms with E-state index in [0.29, 0.717) is 25.4 Å². The molecule has 1 aromatic carbocycles. The Labute approximate surface area is 119 Å². The fraction of sp³-hybridized carbons (Fsp3) is 0.533. The van der Waals surface area contributed by atoms with Gasteiger partial charge in [0.05, 0.1) is 0 Å². The van der Waals surface area contributed by atoms with Crippen molar-refractivity contribution in [3.05, 3.63) is 29.6 Å². The predicted octanol–water partition coefficient (Wildman–Crippen LogP) is 1.87. The van der Waals surface area contributed by atoms with Gasteiger partial charge in [-0.2, -0.15) is 0 Å². The van der Waals surface area contributed by atoms with Gasteiger partial charge >= 0.3 is 0 Å². The summed E-state index contributed by atoms with van der Waals surface area (Å²) in [4.78, 5) is 11.8. The zero-order valence-electron chi connectivity index (χ0n) is 12.3. The van der Waals surface area contributed by atoms with Crippen molar-refractivity contribution in [2.45, 2.75) is 33.3 Å². The van der Waals surface area contributed by atoms with Crippen LogP contribution in [0.1, 0.15) is 26.3 Å². The van der Waals surface area contributed by atoms with Crippen LogP contribution in [0.4, 0.5) is 4.39 Å². The number of carbonyl (C=O) groups is 1. The highest BCUT2D eigenvalue weighted by Gasteiger charge is 2.16. The molecule has 4 nitrogen and oxygen atoms in total. The van der Waals surface area contributed by atoms with Crippen molar-refractivity contribution in [3.63, 3.8) is 0 Å². The number of benzene rings is 1. The Morgan fingerprint density at radius 3 is 2.65 bits per heavy atom. The van der Waals surface area contributed by atoms with E-state index in [4.69, 9.17) is 10.5 Å². The maximum absolute atomic E-state index is 13.8. The zero-order valence-corrected chi connectivity index (χ0v) is 12.3. The van der Waals surface area contributed by atoms with Crippen molar-refractivity contribution in [1.82, 2.24) is 5.32 Å². The van der Waals surface area contributed by atoms with Crippen LogP contribution in [0.2, 0.25) is 0 Å². The van der Waals surface area contributed by atoms with Gasteiger partial charge in [0.1, 0.15) is 0 Å². The largest absolute Gasteiger partial charge is 0.478 e. The molecule has 0 aliphatic carbocycles. The molecular weight excluding hydrogens is 259 g/mol. The Morgan fingerprint density at radius 1 is 1.40 bits per heavy atom. The molecule has 0 fully saturated rings. The minimum Gasteiger partial charge on any atom is -0.478 e. The number of nitrogens with two attached hydrogens (primary N) is 1. The van der Waals surface area contributed by atoms with Crippen molar-refractivity contribution >= 4 is 5.91 Å². The number of amides is 1. The standard InChI is InChI=1S/C15H23FN2O2/c1-10(2)9-18-15(19)11(3)20-14-5-4-12(6-7-17)8-13(14)16/h4-5,8,10-11H,6-7,9,17H2,1-3H3,(H,18,19). The van der Waals surface area contributed by atoms with Crippen LogP contribution < -0.4 is 15.8 Å². The number of nitrogens with one attached hydrogen (secondary N) is 1. The van der Waals surface area contributed by atoms with Gasteiger partial charge in [-0.3, -0.25) is 4.79 Å². The third-order valence-electron chi connectivity index (χ3n) is 2.79. The first kappa shape index (κ1) is 16.4. The summed E-state index contributed by atoms with van der Waals surface area (Å²) in [5, 5.41) is 2.75. The molecule has 1 rings (SSSR count). The number of carbonyl (C=O) groups excluding carboxylic acids is 1. The molecule has 1 unspecified atom stereocenters. The second kappa shape index (κ2) is 7.85. The lowest BCUT2D eigenvalue weighted by Crippen LogP contribution is -2.38. The Balaban J connectivity index is 2.61. The first-order valence-electron chi connectivity index (χ1n) is 6.87. The van der Waals surface area contributed by atoms with Gasteiger partial charge in [-0.05, 0) is 43.5 Å². The number of hydrogen-bond acceptors (Lipinski definition) is 3. The van der Waals surface area contributed by atoms with E-state index in [1.165, 1.54) is 12.1 Å². The van der Waals surface area contributed by atoms with Crippen LogP contribution in [0.15, 0.2) is 18.2 Å². The molecule has 1 atom stereocenters. The highest BCUT2D eigenvalue weighted by atomic mass is 19.1. The molecule has 0 saturated heterocycles. The maximum Gasteiger partial charge on any atom is 0.260 e. The minimum atomic E-state index is -0.733. The number of hydrogen-bond donors (Lipinski definition) is 2. The molecule has 1 aromatic rings. The smallest absolute Gasteiger partial charge is 0.260 e. The molecule has 0 saturated carbocycles. The zero-order chi connectivity index (χ0) is 15.1. The lowest BCUT2D eigenvalue weighted by Gasteiger charge is -2.16. The summed E-state index contributed by atoms with van der Waals surface area (Å²) in [6.07, 6.45) is -0.120. The lowest BCUT2D eigenvalue weighted by molar-refractivity contribution is -0.127. The molecule has 0 heterocycles. The molecular formula is C15H23FN2O2. The fourth-order valence-electron chi connectivity index (χ4n) is 1.65. The molecule has 5 heteroatoms. The summed E-state index contributed by atoms with van der Waals surface area (Å²) >= 11 is 0. The molecule has 0 bridgehead atoms. The third kappa shape index (κ3) is 5.17. The molecule has 0 aliphatic heterocycles. The maximum atomic E-state index is 13.8. The van der Waals surface area contributed by atoms with Gasteiger partial charge in [0, 0.05) is 6.54 Å². The van der Waals surface area contributed by atoms with Gasteiger partial charge in [0.15, 0.2) is 17.7 Å². The van der Waals surface area contributed by atoms with E-state index in [1.807, 2.05) is 13.8 Å². The average Bonchev–Trinajstić information content (AvgIpc) is 2.39. The lowest BCUT2D eigenvalue weighted by atomic mass is 10.1. The summed E-state index contributed by atoms with van der Waals surface area (Å²) in [5.41, 5.74) is 6.23. The van der Waals surface area contributed by atoms with Crippen LogP contribution >= 0.6 is 0 Å². The molecule has 0 spiro atoms. The summed E-state index contributed by atoms with van der Waals surface area (Å²) < 4.78 is 19.2. The van der Waals surface area contributed by atoms with E-state index in [1.54, 1.807) is 13.0 Å². The van der Waals surface area contributed by atoms with Crippen molar-refractivity contribution in [3.8, 4) is 5.75 Å². The highest BCUT2D eigenvalue weighted by molar-refractivity contribution is 5.80. The average molecular weight is 282 g/mol. The third-order valence-corrected chi connectivity index (χ3v) is 2.79. The van der Waals surface area contributed by atoms with Crippen LogP contribution in [0, 0.1) is 11.7 Å². The Morgan fingerprint density at radius 2 is 2.10 bits per heavy atom. The molecule has 3 N–H and O–H groups in total. The Kier molecular flexibility index (Phi) is 6.45. The van der Waals surface area contributed by atoms with Gasteiger partial charge in [-0.1, -0.05) is 19.9 Å². The van der Waals surface area contributed by atoms with Gasteiger partial charge in [0.2, 0.25) is 0 Å². The molecule has 1 amide bonds. The van der Waals surface area contributed by atoms with Crippen molar-refractivity contribution in [1.29, 1.82) is 0 Å². The summed E-state index contributed by atoms with van der Waals surface area (Å²) in [6.45, 7) is 6.64. The van der Waals surface area contributed by atoms with E-state index < -0.39 is 11.9 Å². The van der Waals surface area contributed by atoms with E-state index in [0.717, 1.165) is 5.56 Å². The van der Waals surface area contributed by atoms with Crippen LogP contribution in [0.25, 0.3) is 0 Å². The minimum absolute atomic E-state index is 0.0815. The van der Waals surface area contributed by atoms with Crippen molar-refractivity contribution in [2.24, 2.45) is 11.7 Å². The van der Waals surface area contributed by atoms with Crippen LogP contribution in [0.3, 0.4) is 0 Å². The number of halogens is 1. The first-order valence-corrected chi connectivity index (χ1v) is 6.87. The number of ether oxygens (including phenoxy) is 1. The SMILES string of the molecule is CC(C)CNC(=O)C(C)Oc1ccc(CCN)cc1F. The van der Waals surface area contributed by atoms with E-state index >= 15 is 0 Å². The van der Waals surface area contributed by atoms with Crippen LogP contribution in [-0.2, 0) is 11.2 Å². The number of rotatable bonds is 7. The Hall–Kier alpha value is -1.62. The predicted molar refractivity (Wildman–Crippen MR) is 77.1 cm³/mol. The van der Waals surface area contributed by atoms with Crippen molar-refractivity contribution < 1.29 is 13.9 Å². The van der Waals surface area contributed by atoms with Gasteiger partial charge in [0.25, 0.3) is 5.91 Å². The summed E-state index contributed by atoms with van der Waals surface area (Å²) in [5.74, 6) is -0.278. The molecule has 0 aromatic heterocycles. The van der Waals surface area contributed by atoms with Crippen LogP contribution in [-0.4, -0.2) is 25.1 Å². The fourth-order valence-corrected chi connectivity index (χ4v) is 1.65. The Bertz CT molecular complexity index is 449. The quantitative estimate of drug-likeness (QED) is 0.802. The van der Waals surface area contributed by atoms with Crippen molar-refractivity contribution in [2.75, 3.05) is 13.1 Å². The monoisotopic (exact) mass is 282 g/mol. The first-order chi connectivity index (χ1) is 9.43. The molecule has 112 valence electrons. The summed E-state index contributed by atoms with van der Waals surface area (Å²) in [7, 11) is 0. The van der Waals surface area contributed by atoms with Gasteiger partial charge in [-0.25, -0.2) is 4.39 Å². The van der Waals surface area contributed by atoms with Crippen LogP contribution in [0.5, 0.6) is 5.75 Å². The summed E-state index contributed by atoms with van der Waals surface area (Å²) in [6, 6.07) is 4.68. The molecule has 0 radical (unpaired) electrons. The second-order valence-electron chi connectivity index (χ2n) is 5.20. The topological polar surface area (TPSA) is 64.3 Å². The normalized spacial score (nSPS) is 12.3. The van der Waals surface area contributed by atoms with E-state index in [-0.39, 0.29) is 11.7 Å². The van der Waals surface area contributed by atoms with E-state index in [9.17, 15) is 9.18 Å². The highest BCUT2D eigenvalue weighted by Crippen LogP contribution is 2.20. The molecule has 20 heavy (non-hydrogen) atoms. The van der Waals surface area contributed by atoms with Gasteiger partial charge in [-0.15, -0.1) is 0 Å².